The van der Waals surface area contributed by atoms with E-state index in [-0.39, 0.29) is 11.8 Å². The summed E-state index contributed by atoms with van der Waals surface area (Å²) in [5, 5.41) is 3.57. The lowest BCUT2D eigenvalue weighted by Gasteiger charge is -2.24. The number of anilines is 1. The zero-order chi connectivity index (χ0) is 14.8. The van der Waals surface area contributed by atoms with Gasteiger partial charge in [-0.15, -0.1) is 0 Å². The normalized spacial score (nSPS) is 17.1. The Morgan fingerprint density at radius 2 is 2.05 bits per heavy atom. The third-order valence-corrected chi connectivity index (χ3v) is 5.11. The number of rotatable bonds is 2. The van der Waals surface area contributed by atoms with Crippen LogP contribution >= 0.6 is 27.5 Å². The fourth-order valence-corrected chi connectivity index (χ4v) is 3.26. The van der Waals surface area contributed by atoms with Gasteiger partial charge in [-0.3, -0.25) is 4.79 Å². The molecule has 4 heteroatoms. The van der Waals surface area contributed by atoms with E-state index in [1.165, 1.54) is 5.56 Å². The van der Waals surface area contributed by atoms with Crippen LogP contribution in [0.4, 0.5) is 5.69 Å². The van der Waals surface area contributed by atoms with Crippen molar-refractivity contribution in [1.29, 1.82) is 0 Å². The van der Waals surface area contributed by atoms with Crippen molar-refractivity contribution in [3.8, 4) is 0 Å². The number of nitrogens with one attached hydrogen (secondary N) is 1. The molecule has 2 aromatic carbocycles. The van der Waals surface area contributed by atoms with E-state index in [0.29, 0.717) is 5.02 Å². The summed E-state index contributed by atoms with van der Waals surface area (Å²) in [7, 11) is 0. The number of aryl methyl sites for hydroxylation is 1. The minimum absolute atomic E-state index is 0.0422. The summed E-state index contributed by atoms with van der Waals surface area (Å²) >= 11 is 9.41. The molecular formula is C17H15BrClNO. The van der Waals surface area contributed by atoms with Crippen LogP contribution in [0.25, 0.3) is 0 Å². The van der Waals surface area contributed by atoms with Crippen molar-refractivity contribution in [2.45, 2.75) is 25.2 Å². The van der Waals surface area contributed by atoms with Crippen LogP contribution in [0.3, 0.4) is 0 Å². The fourth-order valence-electron chi connectivity index (χ4n) is 2.83. The minimum atomic E-state index is -0.0719. The molecule has 1 amide bonds. The summed E-state index contributed by atoms with van der Waals surface area (Å²) in [6, 6.07) is 13.7. The van der Waals surface area contributed by atoms with Crippen molar-refractivity contribution < 1.29 is 4.79 Å². The topological polar surface area (TPSA) is 29.1 Å². The van der Waals surface area contributed by atoms with Gasteiger partial charge in [-0.1, -0.05) is 35.9 Å². The Morgan fingerprint density at radius 1 is 1.24 bits per heavy atom. The van der Waals surface area contributed by atoms with Crippen LogP contribution in [0.15, 0.2) is 46.9 Å². The molecule has 0 radical (unpaired) electrons. The molecule has 0 bridgehead atoms. The molecule has 0 saturated carbocycles. The van der Waals surface area contributed by atoms with Crippen molar-refractivity contribution in [1.82, 2.24) is 0 Å². The van der Waals surface area contributed by atoms with Gasteiger partial charge in [0.1, 0.15) is 0 Å². The molecule has 1 aliphatic rings. The van der Waals surface area contributed by atoms with Crippen molar-refractivity contribution in [3.63, 3.8) is 0 Å². The second-order valence-corrected chi connectivity index (χ2v) is 6.52. The summed E-state index contributed by atoms with van der Waals surface area (Å²) in [4.78, 5) is 12.6. The molecule has 0 aromatic heterocycles. The number of hydrogen-bond acceptors (Lipinski definition) is 1. The summed E-state index contributed by atoms with van der Waals surface area (Å²) in [5.41, 5.74) is 3.18. The van der Waals surface area contributed by atoms with Crippen LogP contribution in [-0.2, 0) is 11.2 Å². The lowest BCUT2D eigenvalue weighted by atomic mass is 9.82. The molecule has 1 atom stereocenters. The quantitative estimate of drug-likeness (QED) is 0.783. The molecule has 1 aliphatic carbocycles. The molecule has 0 spiro atoms. The van der Waals surface area contributed by atoms with Gasteiger partial charge in [0.15, 0.2) is 0 Å². The van der Waals surface area contributed by atoms with E-state index in [2.05, 4.69) is 33.4 Å². The maximum Gasteiger partial charge on any atom is 0.231 e. The number of benzene rings is 2. The van der Waals surface area contributed by atoms with Gasteiger partial charge in [0, 0.05) is 10.2 Å². The van der Waals surface area contributed by atoms with Crippen molar-refractivity contribution in [2.75, 3.05) is 5.32 Å². The average Bonchev–Trinajstić information content (AvgIpc) is 2.50. The van der Waals surface area contributed by atoms with Gasteiger partial charge in [-0.25, -0.2) is 0 Å². The van der Waals surface area contributed by atoms with E-state index in [0.717, 1.165) is 35.0 Å². The van der Waals surface area contributed by atoms with Crippen LogP contribution in [0.5, 0.6) is 0 Å². The molecule has 0 fully saturated rings. The molecule has 0 heterocycles. The molecule has 2 aromatic rings. The van der Waals surface area contributed by atoms with Crippen LogP contribution in [-0.4, -0.2) is 5.91 Å². The molecular weight excluding hydrogens is 350 g/mol. The van der Waals surface area contributed by atoms with E-state index in [1.54, 1.807) is 6.07 Å². The Balaban J connectivity index is 1.81. The van der Waals surface area contributed by atoms with Crippen molar-refractivity contribution in [3.05, 3.63) is 63.1 Å². The predicted octanol–water partition coefficient (Wildman–Crippen LogP) is 5.16. The monoisotopic (exact) mass is 363 g/mol. The molecule has 21 heavy (non-hydrogen) atoms. The molecule has 3 rings (SSSR count). The Morgan fingerprint density at radius 3 is 2.86 bits per heavy atom. The number of halogens is 2. The number of carbonyl (C=O) groups excluding carboxylic acids is 1. The van der Waals surface area contributed by atoms with E-state index >= 15 is 0 Å². The van der Waals surface area contributed by atoms with E-state index in [9.17, 15) is 4.79 Å². The highest BCUT2D eigenvalue weighted by Crippen LogP contribution is 2.33. The molecule has 2 nitrogen and oxygen atoms in total. The van der Waals surface area contributed by atoms with E-state index in [1.807, 2.05) is 24.3 Å². The first-order valence-electron chi connectivity index (χ1n) is 6.99. The second-order valence-electron chi connectivity index (χ2n) is 5.26. The first-order valence-corrected chi connectivity index (χ1v) is 8.16. The van der Waals surface area contributed by atoms with Gasteiger partial charge in [0.2, 0.25) is 5.91 Å². The maximum absolute atomic E-state index is 12.6. The second kappa shape index (κ2) is 6.20. The molecule has 108 valence electrons. The third kappa shape index (κ3) is 3.14. The lowest BCUT2D eigenvalue weighted by Crippen LogP contribution is -2.24. The average molecular weight is 365 g/mol. The molecule has 1 N–H and O–H groups in total. The zero-order valence-electron chi connectivity index (χ0n) is 11.4. The van der Waals surface area contributed by atoms with Gasteiger partial charge in [-0.2, -0.15) is 0 Å². The summed E-state index contributed by atoms with van der Waals surface area (Å²) in [5.74, 6) is -0.0297. The lowest BCUT2D eigenvalue weighted by molar-refractivity contribution is -0.117. The van der Waals surface area contributed by atoms with Gasteiger partial charge in [0.25, 0.3) is 0 Å². The Hall–Kier alpha value is -1.32. The maximum atomic E-state index is 12.6. The van der Waals surface area contributed by atoms with Gasteiger partial charge >= 0.3 is 0 Å². The minimum Gasteiger partial charge on any atom is -0.326 e. The number of hydrogen-bond donors (Lipinski definition) is 1. The Kier molecular flexibility index (Phi) is 4.32. The van der Waals surface area contributed by atoms with E-state index in [4.69, 9.17) is 11.6 Å². The van der Waals surface area contributed by atoms with Gasteiger partial charge in [0.05, 0.1) is 10.9 Å². The highest BCUT2D eigenvalue weighted by atomic mass is 79.9. The molecule has 1 unspecified atom stereocenters. The van der Waals surface area contributed by atoms with Crippen LogP contribution in [0.2, 0.25) is 5.02 Å². The highest BCUT2D eigenvalue weighted by molar-refractivity contribution is 9.10. The molecule has 0 aliphatic heterocycles. The first kappa shape index (κ1) is 14.6. The van der Waals surface area contributed by atoms with E-state index < -0.39 is 0 Å². The Labute approximate surface area is 137 Å². The van der Waals surface area contributed by atoms with Gasteiger partial charge < -0.3 is 5.32 Å². The van der Waals surface area contributed by atoms with Crippen LogP contribution < -0.4 is 5.32 Å². The van der Waals surface area contributed by atoms with Crippen LogP contribution in [0, 0.1) is 0 Å². The summed E-state index contributed by atoms with van der Waals surface area (Å²) < 4.78 is 0.824. The van der Waals surface area contributed by atoms with Crippen molar-refractivity contribution >= 4 is 39.1 Å². The predicted molar refractivity (Wildman–Crippen MR) is 89.9 cm³/mol. The number of carbonyl (C=O) groups is 1. The SMILES string of the molecule is O=C(Nc1ccc(Br)c(Cl)c1)C1CCCc2ccccc21. The number of amides is 1. The van der Waals surface area contributed by atoms with Gasteiger partial charge in [-0.05, 0) is 64.5 Å². The summed E-state index contributed by atoms with van der Waals surface area (Å²) in [6.07, 6.45) is 3.01. The standard InChI is InChI=1S/C17H15BrClNO/c18-15-9-8-12(10-16(15)19)20-17(21)14-7-3-5-11-4-1-2-6-13(11)14/h1-2,4,6,8-10,14H,3,5,7H2,(H,20,21). The fraction of sp³-hybridized carbons (Fsp3) is 0.235. The molecule has 0 saturated heterocycles. The number of fused-ring (bicyclic) bond motifs is 1. The van der Waals surface area contributed by atoms with Crippen molar-refractivity contribution in [2.24, 2.45) is 0 Å². The van der Waals surface area contributed by atoms with Crippen LogP contribution in [0.1, 0.15) is 29.9 Å². The third-order valence-electron chi connectivity index (χ3n) is 3.87. The zero-order valence-corrected chi connectivity index (χ0v) is 13.7. The summed E-state index contributed by atoms with van der Waals surface area (Å²) in [6.45, 7) is 0. The highest BCUT2D eigenvalue weighted by Gasteiger charge is 2.26. The first-order chi connectivity index (χ1) is 10.1. The smallest absolute Gasteiger partial charge is 0.231 e. The largest absolute Gasteiger partial charge is 0.326 e. The Bertz CT molecular complexity index is 686.